The van der Waals surface area contributed by atoms with Crippen molar-refractivity contribution >= 4 is 29.2 Å². The van der Waals surface area contributed by atoms with E-state index < -0.39 is 6.04 Å². The fraction of sp³-hybridized carbons (Fsp3) is 0.500. The van der Waals surface area contributed by atoms with Crippen LogP contribution in [0.2, 0.25) is 10.0 Å². The highest BCUT2D eigenvalue weighted by Gasteiger charge is 2.32. The van der Waals surface area contributed by atoms with E-state index in [2.05, 4.69) is 5.32 Å². The third-order valence-electron chi connectivity index (χ3n) is 3.22. The molecule has 1 aromatic carbocycles. The molecule has 0 aliphatic carbocycles. The van der Waals surface area contributed by atoms with Gasteiger partial charge in [-0.05, 0) is 24.6 Å². The van der Waals surface area contributed by atoms with E-state index in [0.29, 0.717) is 36.4 Å². The van der Waals surface area contributed by atoms with Gasteiger partial charge in [-0.3, -0.25) is 4.79 Å². The molecule has 1 aliphatic rings. The molecule has 1 fully saturated rings. The number of nitrogens with one attached hydrogen (secondary N) is 1. The first kappa shape index (κ1) is 15.6. The zero-order valence-electron chi connectivity index (χ0n) is 11.2. The largest absolute Gasteiger partial charge is 0.465 e. The summed E-state index contributed by atoms with van der Waals surface area (Å²) in [6.45, 7) is 3.76. The van der Waals surface area contributed by atoms with Crippen molar-refractivity contribution in [1.29, 1.82) is 0 Å². The van der Waals surface area contributed by atoms with Crippen LogP contribution in [0.25, 0.3) is 0 Å². The lowest BCUT2D eigenvalue weighted by molar-refractivity contribution is -0.146. The fourth-order valence-electron chi connectivity index (χ4n) is 2.25. The summed E-state index contributed by atoms with van der Waals surface area (Å²) in [5.74, 6) is -0.416. The van der Waals surface area contributed by atoms with Gasteiger partial charge in [0.2, 0.25) is 0 Å². The van der Waals surface area contributed by atoms with Crippen LogP contribution < -0.4 is 5.32 Å². The van der Waals surface area contributed by atoms with Gasteiger partial charge in [-0.1, -0.05) is 29.3 Å². The summed E-state index contributed by atoms with van der Waals surface area (Å²) in [7, 11) is 0. The van der Waals surface area contributed by atoms with Gasteiger partial charge in [-0.25, -0.2) is 0 Å². The number of rotatable bonds is 3. The quantitative estimate of drug-likeness (QED) is 0.871. The van der Waals surface area contributed by atoms with Gasteiger partial charge in [0.25, 0.3) is 0 Å². The summed E-state index contributed by atoms with van der Waals surface area (Å²) in [5, 5.41) is 4.13. The number of hydrogen-bond donors (Lipinski definition) is 1. The van der Waals surface area contributed by atoms with Crippen molar-refractivity contribution in [3.63, 3.8) is 0 Å². The molecule has 20 heavy (non-hydrogen) atoms. The number of benzene rings is 1. The zero-order chi connectivity index (χ0) is 14.5. The van der Waals surface area contributed by atoms with Crippen LogP contribution in [0.3, 0.4) is 0 Å². The summed E-state index contributed by atoms with van der Waals surface area (Å²) in [5.41, 5.74) is 0.909. The maximum absolute atomic E-state index is 12.1. The number of ether oxygens (including phenoxy) is 2. The molecule has 1 aliphatic heterocycles. The number of carbonyl (C=O) groups excluding carboxylic acids is 1. The SMILES string of the molecule is CCOC(=O)C1NCCOCC1c1ccc(Cl)c(Cl)c1. The molecule has 1 N–H and O–H groups in total. The Kier molecular flexibility index (Phi) is 5.66. The van der Waals surface area contributed by atoms with E-state index in [4.69, 9.17) is 32.7 Å². The third-order valence-corrected chi connectivity index (χ3v) is 3.96. The highest BCUT2D eigenvalue weighted by molar-refractivity contribution is 6.42. The Hall–Kier alpha value is -0.810. The molecule has 2 atom stereocenters. The highest BCUT2D eigenvalue weighted by Crippen LogP contribution is 2.29. The highest BCUT2D eigenvalue weighted by atomic mass is 35.5. The minimum Gasteiger partial charge on any atom is -0.465 e. The van der Waals surface area contributed by atoms with E-state index in [1.54, 1.807) is 19.1 Å². The van der Waals surface area contributed by atoms with E-state index in [0.717, 1.165) is 5.56 Å². The van der Waals surface area contributed by atoms with Crippen LogP contribution >= 0.6 is 23.2 Å². The number of halogens is 2. The lowest BCUT2D eigenvalue weighted by Crippen LogP contribution is -2.43. The molecular weight excluding hydrogens is 301 g/mol. The first-order chi connectivity index (χ1) is 9.63. The second kappa shape index (κ2) is 7.27. The predicted molar refractivity (Wildman–Crippen MR) is 78.4 cm³/mol. The van der Waals surface area contributed by atoms with Crippen molar-refractivity contribution in [2.75, 3.05) is 26.4 Å². The molecule has 2 unspecified atom stereocenters. The average molecular weight is 318 g/mol. The first-order valence-electron chi connectivity index (χ1n) is 6.56. The molecule has 0 aromatic heterocycles. The predicted octanol–water partition coefficient (Wildman–Crippen LogP) is 2.63. The molecule has 0 bridgehead atoms. The van der Waals surface area contributed by atoms with Crippen molar-refractivity contribution in [3.05, 3.63) is 33.8 Å². The summed E-state index contributed by atoms with van der Waals surface area (Å²) in [6.07, 6.45) is 0. The van der Waals surface area contributed by atoms with E-state index in [1.807, 2.05) is 6.07 Å². The van der Waals surface area contributed by atoms with Gasteiger partial charge in [0.05, 0.1) is 29.9 Å². The summed E-state index contributed by atoms with van der Waals surface area (Å²) in [6, 6.07) is 4.93. The molecule has 0 saturated carbocycles. The van der Waals surface area contributed by atoms with Crippen molar-refractivity contribution < 1.29 is 14.3 Å². The van der Waals surface area contributed by atoms with E-state index >= 15 is 0 Å². The van der Waals surface area contributed by atoms with Crippen LogP contribution in [0.4, 0.5) is 0 Å². The van der Waals surface area contributed by atoms with Gasteiger partial charge in [-0.15, -0.1) is 0 Å². The summed E-state index contributed by atoms with van der Waals surface area (Å²) >= 11 is 12.0. The Morgan fingerprint density at radius 2 is 2.25 bits per heavy atom. The Morgan fingerprint density at radius 3 is 2.95 bits per heavy atom. The van der Waals surface area contributed by atoms with Crippen LogP contribution in [0.1, 0.15) is 18.4 Å². The maximum atomic E-state index is 12.1. The number of esters is 1. The van der Waals surface area contributed by atoms with Gasteiger partial charge in [0.1, 0.15) is 6.04 Å². The molecule has 1 saturated heterocycles. The van der Waals surface area contributed by atoms with Crippen molar-refractivity contribution in [2.45, 2.75) is 18.9 Å². The van der Waals surface area contributed by atoms with Crippen molar-refractivity contribution in [2.24, 2.45) is 0 Å². The monoisotopic (exact) mass is 317 g/mol. The zero-order valence-corrected chi connectivity index (χ0v) is 12.7. The van der Waals surface area contributed by atoms with Gasteiger partial charge in [0.15, 0.2) is 0 Å². The van der Waals surface area contributed by atoms with Gasteiger partial charge >= 0.3 is 5.97 Å². The van der Waals surface area contributed by atoms with E-state index in [9.17, 15) is 4.79 Å². The minimum absolute atomic E-state index is 0.147. The van der Waals surface area contributed by atoms with Crippen LogP contribution in [0.5, 0.6) is 0 Å². The Balaban J connectivity index is 2.27. The van der Waals surface area contributed by atoms with E-state index in [1.165, 1.54) is 0 Å². The molecule has 1 heterocycles. The Morgan fingerprint density at radius 1 is 1.45 bits per heavy atom. The molecule has 2 rings (SSSR count). The summed E-state index contributed by atoms with van der Waals surface area (Å²) in [4.78, 5) is 12.1. The fourth-order valence-corrected chi connectivity index (χ4v) is 2.55. The lowest BCUT2D eigenvalue weighted by Gasteiger charge is -2.24. The van der Waals surface area contributed by atoms with Crippen LogP contribution in [-0.2, 0) is 14.3 Å². The topological polar surface area (TPSA) is 47.6 Å². The average Bonchev–Trinajstić information content (AvgIpc) is 2.68. The van der Waals surface area contributed by atoms with E-state index in [-0.39, 0.29) is 11.9 Å². The third kappa shape index (κ3) is 3.64. The number of hydrogen-bond acceptors (Lipinski definition) is 4. The van der Waals surface area contributed by atoms with Crippen LogP contribution in [0.15, 0.2) is 18.2 Å². The second-order valence-corrected chi connectivity index (χ2v) is 5.35. The molecule has 110 valence electrons. The molecule has 0 spiro atoms. The molecule has 0 amide bonds. The first-order valence-corrected chi connectivity index (χ1v) is 7.31. The minimum atomic E-state index is -0.435. The van der Waals surface area contributed by atoms with Gasteiger partial charge < -0.3 is 14.8 Å². The summed E-state index contributed by atoms with van der Waals surface area (Å²) < 4.78 is 10.7. The second-order valence-electron chi connectivity index (χ2n) is 4.54. The maximum Gasteiger partial charge on any atom is 0.323 e. The normalized spacial score (nSPS) is 23.1. The van der Waals surface area contributed by atoms with Crippen LogP contribution in [0, 0.1) is 0 Å². The van der Waals surface area contributed by atoms with Gasteiger partial charge in [0, 0.05) is 12.5 Å². The Bertz CT molecular complexity index is 481. The van der Waals surface area contributed by atoms with Crippen LogP contribution in [-0.4, -0.2) is 38.4 Å². The molecule has 4 nitrogen and oxygen atoms in total. The lowest BCUT2D eigenvalue weighted by atomic mass is 9.92. The smallest absolute Gasteiger partial charge is 0.323 e. The molecular formula is C14H17Cl2NO3. The number of carbonyl (C=O) groups is 1. The molecule has 6 heteroatoms. The van der Waals surface area contributed by atoms with Crippen molar-refractivity contribution in [3.8, 4) is 0 Å². The Labute approximate surface area is 128 Å². The molecule has 1 aromatic rings. The van der Waals surface area contributed by atoms with Crippen molar-refractivity contribution in [1.82, 2.24) is 5.32 Å². The standard InChI is InChI=1S/C14H17Cl2NO3/c1-2-20-14(18)13-10(8-19-6-5-17-13)9-3-4-11(15)12(16)7-9/h3-4,7,10,13,17H,2,5-6,8H2,1H3. The molecule has 0 radical (unpaired) electrons. The van der Waals surface area contributed by atoms with Gasteiger partial charge in [-0.2, -0.15) is 0 Å².